The summed E-state index contributed by atoms with van der Waals surface area (Å²) in [6.07, 6.45) is 4.17. The molecule has 1 aliphatic heterocycles. The third-order valence-corrected chi connectivity index (χ3v) is 4.54. The van der Waals surface area contributed by atoms with E-state index in [1.165, 1.54) is 4.57 Å². The summed E-state index contributed by atoms with van der Waals surface area (Å²) in [6, 6.07) is 11.9. The second kappa shape index (κ2) is 6.51. The lowest BCUT2D eigenvalue weighted by Crippen LogP contribution is -2.26. The molecule has 7 nitrogen and oxygen atoms in total. The molecular weight excluding hydrogens is 332 g/mol. The lowest BCUT2D eigenvalue weighted by molar-refractivity contribution is 0.102. The number of rotatable bonds is 3. The van der Waals surface area contributed by atoms with Crippen molar-refractivity contribution in [3.8, 4) is 11.6 Å². The van der Waals surface area contributed by atoms with E-state index in [0.717, 1.165) is 12.8 Å². The van der Waals surface area contributed by atoms with Crippen molar-refractivity contribution in [2.24, 2.45) is 0 Å². The summed E-state index contributed by atoms with van der Waals surface area (Å²) in [5.41, 5.74) is 1.92. The predicted molar refractivity (Wildman–Crippen MR) is 96.8 cm³/mol. The zero-order valence-corrected chi connectivity index (χ0v) is 14.1. The highest BCUT2D eigenvalue weighted by atomic mass is 16.3. The van der Waals surface area contributed by atoms with Crippen LogP contribution in [0.5, 0.6) is 5.88 Å². The molecule has 7 heteroatoms. The molecule has 0 atom stereocenters. The van der Waals surface area contributed by atoms with Gasteiger partial charge in [-0.25, -0.2) is 9.36 Å². The first kappa shape index (κ1) is 16.1. The summed E-state index contributed by atoms with van der Waals surface area (Å²) in [5.74, 6) is -0.308. The van der Waals surface area contributed by atoms with E-state index in [0.29, 0.717) is 35.7 Å². The van der Waals surface area contributed by atoms with E-state index in [1.54, 1.807) is 53.2 Å². The van der Waals surface area contributed by atoms with Crippen LogP contribution in [0.2, 0.25) is 0 Å². The van der Waals surface area contributed by atoms with Crippen LogP contribution in [-0.2, 0) is 13.0 Å². The quantitative estimate of drug-likeness (QED) is 0.759. The molecule has 0 radical (unpaired) electrons. The number of fused-ring (bicyclic) bond motifs is 1. The van der Waals surface area contributed by atoms with E-state index < -0.39 is 0 Å². The van der Waals surface area contributed by atoms with Gasteiger partial charge in [0.1, 0.15) is 5.69 Å². The monoisotopic (exact) mass is 350 g/mol. The first-order valence-electron chi connectivity index (χ1n) is 8.51. The molecule has 0 unspecified atom stereocenters. The van der Waals surface area contributed by atoms with Gasteiger partial charge in [-0.2, -0.15) is 0 Å². The summed E-state index contributed by atoms with van der Waals surface area (Å²) in [7, 11) is 0. The molecule has 4 rings (SSSR count). The van der Waals surface area contributed by atoms with Crippen LogP contribution in [-0.4, -0.2) is 25.1 Å². The van der Waals surface area contributed by atoms with Gasteiger partial charge >= 0.3 is 5.69 Å². The number of nitrogens with one attached hydrogen (secondary N) is 1. The molecule has 3 aromatic rings. The number of hydrogen-bond acceptors (Lipinski definition) is 4. The number of pyridine rings is 1. The molecule has 0 saturated heterocycles. The molecule has 0 saturated carbocycles. The number of aromatic nitrogens is 3. The maximum absolute atomic E-state index is 12.6. The van der Waals surface area contributed by atoms with Gasteiger partial charge in [0, 0.05) is 18.4 Å². The van der Waals surface area contributed by atoms with E-state index in [9.17, 15) is 14.7 Å². The van der Waals surface area contributed by atoms with Crippen molar-refractivity contribution in [1.82, 2.24) is 14.1 Å². The largest absolute Gasteiger partial charge is 0.493 e. The van der Waals surface area contributed by atoms with Gasteiger partial charge < -0.3 is 10.4 Å². The van der Waals surface area contributed by atoms with Crippen LogP contribution >= 0.6 is 0 Å². The second-order valence-corrected chi connectivity index (χ2v) is 6.21. The smallest absolute Gasteiger partial charge is 0.335 e. The second-order valence-electron chi connectivity index (χ2n) is 6.21. The first-order valence-corrected chi connectivity index (χ1v) is 8.51. The van der Waals surface area contributed by atoms with E-state index in [4.69, 9.17) is 0 Å². The topological polar surface area (TPSA) is 89.2 Å². The Morgan fingerprint density at radius 3 is 2.62 bits per heavy atom. The molecule has 26 heavy (non-hydrogen) atoms. The summed E-state index contributed by atoms with van der Waals surface area (Å²) in [4.78, 5) is 28.7. The van der Waals surface area contributed by atoms with Gasteiger partial charge in [-0.1, -0.05) is 6.07 Å². The Kier molecular flexibility index (Phi) is 4.04. The highest BCUT2D eigenvalue weighted by molar-refractivity contribution is 6.02. The van der Waals surface area contributed by atoms with Crippen molar-refractivity contribution >= 4 is 11.6 Å². The fourth-order valence-electron chi connectivity index (χ4n) is 3.24. The lowest BCUT2D eigenvalue weighted by atomic mass is 10.1. The van der Waals surface area contributed by atoms with Crippen LogP contribution < -0.4 is 11.0 Å². The van der Waals surface area contributed by atoms with Gasteiger partial charge in [0.25, 0.3) is 5.91 Å². The number of nitrogens with zero attached hydrogens (tertiary/aromatic N) is 3. The molecular formula is C19H18N4O3. The number of amides is 1. The molecule has 2 aromatic heterocycles. The average molecular weight is 350 g/mol. The Hall–Kier alpha value is -3.35. The molecule has 1 amide bonds. The van der Waals surface area contributed by atoms with Crippen molar-refractivity contribution in [1.29, 1.82) is 0 Å². The zero-order chi connectivity index (χ0) is 18.1. The van der Waals surface area contributed by atoms with Crippen molar-refractivity contribution in [2.75, 3.05) is 5.32 Å². The fourth-order valence-corrected chi connectivity index (χ4v) is 3.24. The normalized spacial score (nSPS) is 13.2. The zero-order valence-electron chi connectivity index (χ0n) is 14.1. The number of aromatic hydroxyl groups is 1. The number of benzene rings is 1. The summed E-state index contributed by atoms with van der Waals surface area (Å²) < 4.78 is 2.95. The third-order valence-electron chi connectivity index (χ3n) is 4.54. The molecule has 0 spiro atoms. The first-order chi connectivity index (χ1) is 12.6. The number of anilines is 1. The number of hydrogen-bond donors (Lipinski definition) is 2. The van der Waals surface area contributed by atoms with Crippen LogP contribution in [0.25, 0.3) is 5.69 Å². The minimum Gasteiger partial charge on any atom is -0.493 e. The predicted octanol–water partition coefficient (Wildman–Crippen LogP) is 2.33. The van der Waals surface area contributed by atoms with Crippen molar-refractivity contribution in [3.05, 3.63) is 70.5 Å². The molecule has 1 aliphatic rings. The maximum Gasteiger partial charge on any atom is 0.335 e. The Bertz CT molecular complexity index is 1000. The van der Waals surface area contributed by atoms with Gasteiger partial charge in [0.15, 0.2) is 0 Å². The molecule has 2 N–H and O–H groups in total. The minimum atomic E-state index is -0.308. The maximum atomic E-state index is 12.6. The van der Waals surface area contributed by atoms with E-state index >= 15 is 0 Å². The Morgan fingerprint density at radius 2 is 1.92 bits per heavy atom. The molecule has 1 aromatic carbocycles. The van der Waals surface area contributed by atoms with Gasteiger partial charge in [0.2, 0.25) is 5.88 Å². The lowest BCUT2D eigenvalue weighted by Gasteiger charge is -2.11. The van der Waals surface area contributed by atoms with Crippen LogP contribution in [0.4, 0.5) is 5.69 Å². The number of carbonyl (C=O) groups excluding carboxylic acids is 1. The van der Waals surface area contributed by atoms with Crippen LogP contribution in [0.1, 0.15) is 29.0 Å². The van der Waals surface area contributed by atoms with Crippen molar-refractivity contribution in [3.63, 3.8) is 0 Å². The summed E-state index contributed by atoms with van der Waals surface area (Å²) in [6.45, 7) is 0.632. The van der Waals surface area contributed by atoms with E-state index in [2.05, 4.69) is 10.3 Å². The highest BCUT2D eigenvalue weighted by Crippen LogP contribution is 2.26. The fraction of sp³-hybridized carbons (Fsp3) is 0.211. The summed E-state index contributed by atoms with van der Waals surface area (Å²) in [5, 5.41) is 13.2. The molecule has 0 fully saturated rings. The van der Waals surface area contributed by atoms with Crippen LogP contribution in [0.3, 0.4) is 0 Å². The van der Waals surface area contributed by atoms with Gasteiger partial charge in [0.05, 0.1) is 11.4 Å². The minimum absolute atomic E-state index is 0.0000267. The van der Waals surface area contributed by atoms with Crippen molar-refractivity contribution in [2.45, 2.75) is 25.8 Å². The van der Waals surface area contributed by atoms with Crippen LogP contribution in [0.15, 0.2) is 53.5 Å². The SMILES string of the molecule is O=C(Nc1ccc(-n2c(O)c3n(c2=O)CCCC3)cc1)c1ccccn1. The standard InChI is InChI=1S/C19H18N4O3/c24-17(15-5-1-3-11-20-15)21-13-7-9-14(10-8-13)23-18(25)16-6-2-4-12-22(16)19(23)26/h1,3,5,7-11,25H,2,4,6,12H2,(H,21,24). The van der Waals surface area contributed by atoms with Crippen LogP contribution in [0, 0.1) is 0 Å². The molecule has 3 heterocycles. The average Bonchev–Trinajstić information content (AvgIpc) is 2.94. The molecule has 132 valence electrons. The summed E-state index contributed by atoms with van der Waals surface area (Å²) >= 11 is 0. The third kappa shape index (κ3) is 2.77. The Labute approximate surface area is 149 Å². The molecule has 0 aliphatic carbocycles. The van der Waals surface area contributed by atoms with Gasteiger partial charge in [-0.15, -0.1) is 0 Å². The number of carbonyl (C=O) groups is 1. The Morgan fingerprint density at radius 1 is 1.12 bits per heavy atom. The van der Waals surface area contributed by atoms with Crippen molar-refractivity contribution < 1.29 is 9.90 Å². The molecule has 0 bridgehead atoms. The van der Waals surface area contributed by atoms with E-state index in [-0.39, 0.29) is 17.5 Å². The number of imidazole rings is 1. The van der Waals surface area contributed by atoms with Gasteiger partial charge in [-0.05, 0) is 55.7 Å². The van der Waals surface area contributed by atoms with E-state index in [1.807, 2.05) is 0 Å². The highest BCUT2D eigenvalue weighted by Gasteiger charge is 2.22. The Balaban J connectivity index is 1.60. The van der Waals surface area contributed by atoms with Gasteiger partial charge in [-0.3, -0.25) is 14.3 Å².